The van der Waals surface area contributed by atoms with Crippen molar-refractivity contribution in [3.8, 4) is 11.5 Å². The third-order valence-corrected chi connectivity index (χ3v) is 6.43. The number of nitrogens with one attached hydrogen (secondary N) is 1. The number of hydrogen-bond acceptors (Lipinski definition) is 8. The molecule has 5 N–H and O–H groups in total. The molecule has 0 saturated heterocycles. The summed E-state index contributed by atoms with van der Waals surface area (Å²) < 4.78 is 12.6. The molecule has 3 aromatic rings. The highest BCUT2D eigenvalue weighted by Gasteiger charge is 2.39. The highest BCUT2D eigenvalue weighted by molar-refractivity contribution is 6.07. The van der Waals surface area contributed by atoms with Crippen LogP contribution in [0.3, 0.4) is 0 Å². The van der Waals surface area contributed by atoms with Crippen LogP contribution in [-0.4, -0.2) is 35.9 Å². The van der Waals surface area contributed by atoms with Gasteiger partial charge in [-0.05, 0) is 80.8 Å². The normalized spacial score (nSPS) is 17.8. The van der Waals surface area contributed by atoms with E-state index in [4.69, 9.17) is 25.8 Å². The third-order valence-electron chi connectivity index (χ3n) is 6.43. The summed E-state index contributed by atoms with van der Waals surface area (Å²) in [6, 6.07) is 10.4. The molecule has 0 spiro atoms. The van der Waals surface area contributed by atoms with Gasteiger partial charge in [-0.1, -0.05) is 5.16 Å². The summed E-state index contributed by atoms with van der Waals surface area (Å²) in [6.07, 6.45) is 2.02. The van der Waals surface area contributed by atoms with Crippen molar-refractivity contribution in [1.29, 1.82) is 0 Å². The van der Waals surface area contributed by atoms with Crippen molar-refractivity contribution in [2.24, 2.45) is 5.16 Å². The SMILES string of the molecule is CON=C1CC(C)(COc2ccc(NC(=O)c3cccnc3N)cc2)Oc2c(C)c(C)c(N)c(C)c21. The third kappa shape index (κ3) is 4.77. The number of amides is 1. The van der Waals surface area contributed by atoms with E-state index in [9.17, 15) is 4.79 Å². The lowest BCUT2D eigenvalue weighted by Crippen LogP contribution is -2.45. The minimum Gasteiger partial charge on any atom is -0.489 e. The van der Waals surface area contributed by atoms with Gasteiger partial charge in [-0.15, -0.1) is 0 Å². The lowest BCUT2D eigenvalue weighted by Gasteiger charge is -2.38. The first-order valence-electron chi connectivity index (χ1n) is 11.6. The highest BCUT2D eigenvalue weighted by Crippen LogP contribution is 2.42. The molecule has 1 aliphatic rings. The largest absolute Gasteiger partial charge is 0.489 e. The number of ether oxygens (including phenoxy) is 2. The lowest BCUT2D eigenvalue weighted by molar-refractivity contribution is 0.0353. The van der Waals surface area contributed by atoms with Crippen LogP contribution < -0.4 is 26.3 Å². The minimum absolute atomic E-state index is 0.178. The maximum absolute atomic E-state index is 12.5. The summed E-state index contributed by atoms with van der Waals surface area (Å²) in [7, 11) is 1.53. The number of fused-ring (bicyclic) bond motifs is 1. The summed E-state index contributed by atoms with van der Waals surface area (Å²) in [5.74, 6) is 1.23. The molecule has 36 heavy (non-hydrogen) atoms. The Morgan fingerprint density at radius 3 is 2.53 bits per heavy atom. The van der Waals surface area contributed by atoms with Gasteiger partial charge in [-0.2, -0.15) is 0 Å². The van der Waals surface area contributed by atoms with Gasteiger partial charge < -0.3 is 31.1 Å². The van der Waals surface area contributed by atoms with Crippen molar-refractivity contribution in [2.45, 2.75) is 39.7 Å². The van der Waals surface area contributed by atoms with Crippen molar-refractivity contribution >= 4 is 28.8 Å². The van der Waals surface area contributed by atoms with Crippen molar-refractivity contribution < 1.29 is 19.1 Å². The van der Waals surface area contributed by atoms with Crippen LogP contribution in [-0.2, 0) is 4.84 Å². The molecule has 9 nitrogen and oxygen atoms in total. The number of benzene rings is 2. The molecule has 1 amide bonds. The number of nitrogens with two attached hydrogens (primary N) is 2. The second-order valence-corrected chi connectivity index (χ2v) is 9.15. The van der Waals surface area contributed by atoms with Gasteiger partial charge in [0.15, 0.2) is 0 Å². The van der Waals surface area contributed by atoms with Crippen LogP contribution in [0, 0.1) is 20.8 Å². The minimum atomic E-state index is -0.686. The Morgan fingerprint density at radius 1 is 1.14 bits per heavy atom. The van der Waals surface area contributed by atoms with Gasteiger partial charge in [0.05, 0.1) is 11.3 Å². The van der Waals surface area contributed by atoms with Crippen molar-refractivity contribution in [3.05, 3.63) is 70.4 Å². The van der Waals surface area contributed by atoms with Gasteiger partial charge in [0.25, 0.3) is 5.91 Å². The number of nitrogens with zero attached hydrogens (tertiary/aromatic N) is 2. The zero-order valence-electron chi connectivity index (χ0n) is 21.1. The number of pyridine rings is 1. The van der Waals surface area contributed by atoms with Crippen LogP contribution in [0.4, 0.5) is 17.2 Å². The first-order valence-corrected chi connectivity index (χ1v) is 11.6. The average Bonchev–Trinajstić information content (AvgIpc) is 2.86. The van der Waals surface area contributed by atoms with E-state index in [1.165, 1.54) is 13.3 Å². The number of nitrogen functional groups attached to an aromatic ring is 2. The number of aromatic nitrogens is 1. The Morgan fingerprint density at radius 2 is 1.86 bits per heavy atom. The Kier molecular flexibility index (Phi) is 6.74. The van der Waals surface area contributed by atoms with Crippen molar-refractivity contribution in [1.82, 2.24) is 4.98 Å². The Hall–Kier alpha value is -4.27. The van der Waals surface area contributed by atoms with Crippen LogP contribution in [0.25, 0.3) is 0 Å². The monoisotopic (exact) mass is 489 g/mol. The van der Waals surface area contributed by atoms with Gasteiger partial charge in [-0.25, -0.2) is 4.98 Å². The fourth-order valence-corrected chi connectivity index (χ4v) is 4.29. The number of hydrogen-bond donors (Lipinski definition) is 3. The summed E-state index contributed by atoms with van der Waals surface area (Å²) in [6.45, 7) is 8.20. The standard InChI is InChI=1S/C27H31N5O4/c1-15-16(2)24-22(17(3)23(15)28)21(32-34-5)13-27(4,36-24)14-35-19-10-8-18(9-11-19)31-26(33)20-7-6-12-30-25(20)29/h6-12H,13-14,28H2,1-5H3,(H2,29,30)(H,31,33). The fraction of sp³-hybridized carbons (Fsp3) is 0.296. The van der Waals surface area contributed by atoms with Gasteiger partial charge in [0.2, 0.25) is 0 Å². The topological polar surface area (TPSA) is 134 Å². The molecule has 1 atom stereocenters. The van der Waals surface area contributed by atoms with Gasteiger partial charge in [0.1, 0.15) is 36.6 Å². The number of rotatable bonds is 6. The zero-order chi connectivity index (χ0) is 26.0. The molecule has 0 radical (unpaired) electrons. The molecule has 0 aliphatic carbocycles. The van der Waals surface area contributed by atoms with Crippen molar-refractivity contribution in [3.63, 3.8) is 0 Å². The van der Waals surface area contributed by atoms with Crippen molar-refractivity contribution in [2.75, 3.05) is 30.5 Å². The molecule has 1 unspecified atom stereocenters. The molecular weight excluding hydrogens is 458 g/mol. The maximum Gasteiger partial charge on any atom is 0.259 e. The Labute approximate surface area is 210 Å². The van der Waals surface area contributed by atoms with Gasteiger partial charge >= 0.3 is 0 Å². The number of carbonyl (C=O) groups is 1. The predicted octanol–water partition coefficient (Wildman–Crippen LogP) is 4.39. The van der Waals surface area contributed by atoms with E-state index in [0.717, 1.165) is 39.4 Å². The summed E-state index contributed by atoms with van der Waals surface area (Å²) in [4.78, 5) is 21.6. The molecular formula is C27H31N5O4. The maximum atomic E-state index is 12.5. The Bertz CT molecular complexity index is 1340. The first-order chi connectivity index (χ1) is 17.1. The van der Waals surface area contributed by atoms with Crippen LogP contribution >= 0.6 is 0 Å². The van der Waals surface area contributed by atoms with E-state index in [1.54, 1.807) is 36.4 Å². The van der Waals surface area contributed by atoms with Crippen LogP contribution in [0.5, 0.6) is 11.5 Å². The first kappa shape index (κ1) is 24.8. The second kappa shape index (κ2) is 9.77. The highest BCUT2D eigenvalue weighted by atomic mass is 16.6. The van der Waals surface area contributed by atoms with E-state index in [-0.39, 0.29) is 18.3 Å². The Balaban J connectivity index is 1.49. The van der Waals surface area contributed by atoms with E-state index in [1.807, 2.05) is 27.7 Å². The smallest absolute Gasteiger partial charge is 0.259 e. The second-order valence-electron chi connectivity index (χ2n) is 9.15. The summed E-state index contributed by atoms with van der Waals surface area (Å²) in [5.41, 5.74) is 17.6. The summed E-state index contributed by atoms with van der Waals surface area (Å²) in [5, 5.41) is 7.10. The van der Waals surface area contributed by atoms with E-state index in [0.29, 0.717) is 23.4 Å². The fourth-order valence-electron chi connectivity index (χ4n) is 4.29. The number of carbonyl (C=O) groups excluding carboxylic acids is 1. The van der Waals surface area contributed by atoms with Gasteiger partial charge in [-0.3, -0.25) is 4.79 Å². The molecule has 1 aromatic heterocycles. The molecule has 1 aliphatic heterocycles. The molecule has 2 heterocycles. The van der Waals surface area contributed by atoms with E-state index >= 15 is 0 Å². The quantitative estimate of drug-likeness (QED) is 0.345. The van der Waals surface area contributed by atoms with Crippen LogP contribution in [0.1, 0.15) is 46.0 Å². The molecule has 0 saturated carbocycles. The predicted molar refractivity (Wildman–Crippen MR) is 141 cm³/mol. The number of anilines is 3. The number of oxime groups is 1. The average molecular weight is 490 g/mol. The van der Waals surface area contributed by atoms with Crippen LogP contribution in [0.15, 0.2) is 47.8 Å². The van der Waals surface area contributed by atoms with Crippen LogP contribution in [0.2, 0.25) is 0 Å². The molecule has 188 valence electrons. The van der Waals surface area contributed by atoms with E-state index in [2.05, 4.69) is 15.5 Å². The molecule has 0 fully saturated rings. The zero-order valence-corrected chi connectivity index (χ0v) is 21.1. The summed E-state index contributed by atoms with van der Waals surface area (Å²) >= 11 is 0. The van der Waals surface area contributed by atoms with E-state index < -0.39 is 5.60 Å². The molecule has 0 bridgehead atoms. The molecule has 4 rings (SSSR count). The molecule has 2 aromatic carbocycles. The van der Waals surface area contributed by atoms with Gasteiger partial charge in [0, 0.05) is 29.6 Å². The molecule has 9 heteroatoms. The lowest BCUT2D eigenvalue weighted by atomic mass is 9.85.